The molecule has 0 saturated carbocycles. The summed E-state index contributed by atoms with van der Waals surface area (Å²) in [6, 6.07) is 24.7. The van der Waals surface area contributed by atoms with Gasteiger partial charge in [0.2, 0.25) is 0 Å². The van der Waals surface area contributed by atoms with Crippen molar-refractivity contribution in [1.82, 2.24) is 0 Å². The summed E-state index contributed by atoms with van der Waals surface area (Å²) in [4.78, 5) is 13.4. The molecule has 4 heteroatoms. The van der Waals surface area contributed by atoms with Gasteiger partial charge in [-0.15, -0.1) is 0 Å². The highest BCUT2D eigenvalue weighted by Crippen LogP contribution is 2.18. The first kappa shape index (κ1) is 18.8. The van der Waals surface area contributed by atoms with Gasteiger partial charge in [0.05, 0.1) is 7.05 Å². The molecule has 0 saturated heterocycles. The maximum Gasteiger partial charge on any atom is 0.279 e. The van der Waals surface area contributed by atoms with Gasteiger partial charge in [-0.25, -0.2) is 4.39 Å². The number of carbonyl (C=O) groups excluding carboxylic acids is 1. The SMILES string of the molecule is C[NH+](CC(=O)Nc1ccccc1Cc1ccccc1)Cc1ccccc1F. The lowest BCUT2D eigenvalue weighted by Gasteiger charge is -2.16. The number of halogens is 1. The number of carbonyl (C=O) groups is 1. The Labute approximate surface area is 159 Å². The number of para-hydroxylation sites is 1. The molecule has 0 bridgehead atoms. The molecule has 3 nitrogen and oxygen atoms in total. The van der Waals surface area contributed by atoms with Gasteiger partial charge in [-0.05, 0) is 29.7 Å². The zero-order valence-corrected chi connectivity index (χ0v) is 15.4. The maximum absolute atomic E-state index is 13.8. The van der Waals surface area contributed by atoms with Crippen molar-refractivity contribution < 1.29 is 14.1 Å². The van der Waals surface area contributed by atoms with Crippen molar-refractivity contribution in [2.45, 2.75) is 13.0 Å². The summed E-state index contributed by atoms with van der Waals surface area (Å²) in [6.45, 7) is 0.736. The molecule has 3 rings (SSSR count). The van der Waals surface area contributed by atoms with E-state index in [1.54, 1.807) is 12.1 Å². The molecule has 0 aliphatic heterocycles. The van der Waals surface area contributed by atoms with E-state index >= 15 is 0 Å². The summed E-state index contributed by atoms with van der Waals surface area (Å²) in [5.41, 5.74) is 3.71. The quantitative estimate of drug-likeness (QED) is 0.665. The second kappa shape index (κ2) is 9.10. The van der Waals surface area contributed by atoms with Crippen LogP contribution in [0, 0.1) is 5.82 Å². The first-order chi connectivity index (χ1) is 13.1. The van der Waals surface area contributed by atoms with Crippen LogP contribution in [0.25, 0.3) is 0 Å². The summed E-state index contributed by atoms with van der Waals surface area (Å²) in [5.74, 6) is -0.310. The molecule has 1 atom stereocenters. The molecule has 0 spiro atoms. The zero-order valence-electron chi connectivity index (χ0n) is 15.4. The van der Waals surface area contributed by atoms with Crippen LogP contribution < -0.4 is 10.2 Å². The fourth-order valence-electron chi connectivity index (χ4n) is 3.11. The molecule has 1 amide bonds. The van der Waals surface area contributed by atoms with E-state index in [-0.39, 0.29) is 18.3 Å². The highest BCUT2D eigenvalue weighted by atomic mass is 19.1. The third-order valence-corrected chi connectivity index (χ3v) is 4.44. The Morgan fingerprint density at radius 3 is 2.26 bits per heavy atom. The van der Waals surface area contributed by atoms with Gasteiger partial charge in [-0.3, -0.25) is 4.79 Å². The van der Waals surface area contributed by atoms with Crippen LogP contribution in [0.1, 0.15) is 16.7 Å². The van der Waals surface area contributed by atoms with Crippen molar-refractivity contribution in [2.24, 2.45) is 0 Å². The number of rotatable bonds is 7. The smallest absolute Gasteiger partial charge is 0.279 e. The number of likely N-dealkylation sites (N-methyl/N-ethyl adjacent to an activating group) is 1. The first-order valence-electron chi connectivity index (χ1n) is 9.08. The minimum atomic E-state index is -0.231. The minimum absolute atomic E-state index is 0.0793. The van der Waals surface area contributed by atoms with Gasteiger partial charge in [0.1, 0.15) is 12.4 Å². The van der Waals surface area contributed by atoms with Crippen molar-refractivity contribution in [1.29, 1.82) is 0 Å². The van der Waals surface area contributed by atoms with Crippen LogP contribution in [-0.2, 0) is 17.8 Å². The monoisotopic (exact) mass is 363 g/mol. The standard InChI is InChI=1S/C23H23FN2O/c1-26(16-20-12-5-7-13-21(20)24)17-23(27)25-22-14-8-6-11-19(22)15-18-9-3-2-4-10-18/h2-14H,15-17H2,1H3,(H,25,27)/p+1. The molecule has 2 N–H and O–H groups in total. The Bertz CT molecular complexity index is 896. The zero-order chi connectivity index (χ0) is 19.1. The maximum atomic E-state index is 13.8. The van der Waals surface area contributed by atoms with Crippen LogP contribution in [0.15, 0.2) is 78.9 Å². The Morgan fingerprint density at radius 2 is 1.52 bits per heavy atom. The molecule has 0 radical (unpaired) electrons. The number of quaternary nitrogens is 1. The second-order valence-corrected chi connectivity index (χ2v) is 6.77. The van der Waals surface area contributed by atoms with E-state index in [1.165, 1.54) is 11.6 Å². The lowest BCUT2D eigenvalue weighted by molar-refractivity contribution is -0.885. The summed E-state index contributed by atoms with van der Waals surface area (Å²) in [5, 5.41) is 3.01. The highest BCUT2D eigenvalue weighted by molar-refractivity contribution is 5.92. The van der Waals surface area contributed by atoms with E-state index in [4.69, 9.17) is 0 Å². The molecule has 0 heterocycles. The number of hydrogen-bond acceptors (Lipinski definition) is 1. The molecule has 0 aromatic heterocycles. The molecule has 138 valence electrons. The lowest BCUT2D eigenvalue weighted by atomic mass is 10.0. The summed E-state index contributed by atoms with van der Waals surface area (Å²) < 4.78 is 13.8. The molecular weight excluding hydrogens is 339 g/mol. The van der Waals surface area contributed by atoms with Crippen molar-refractivity contribution >= 4 is 11.6 Å². The number of hydrogen-bond donors (Lipinski definition) is 2. The minimum Gasteiger partial charge on any atom is -0.326 e. The lowest BCUT2D eigenvalue weighted by Crippen LogP contribution is -3.08. The van der Waals surface area contributed by atoms with Crippen LogP contribution in [-0.4, -0.2) is 19.5 Å². The van der Waals surface area contributed by atoms with Crippen LogP contribution in [0.3, 0.4) is 0 Å². The first-order valence-corrected chi connectivity index (χ1v) is 9.08. The van der Waals surface area contributed by atoms with E-state index in [9.17, 15) is 9.18 Å². The van der Waals surface area contributed by atoms with Gasteiger partial charge >= 0.3 is 0 Å². The van der Waals surface area contributed by atoms with Crippen molar-refractivity contribution in [3.63, 3.8) is 0 Å². The van der Waals surface area contributed by atoms with E-state index in [0.717, 1.165) is 22.6 Å². The summed E-state index contributed by atoms with van der Waals surface area (Å²) in [6.07, 6.45) is 0.759. The van der Waals surface area contributed by atoms with Gasteiger partial charge in [0.25, 0.3) is 5.91 Å². The molecular formula is C23H24FN2O+. The van der Waals surface area contributed by atoms with Gasteiger partial charge in [-0.2, -0.15) is 0 Å². The predicted molar refractivity (Wildman–Crippen MR) is 106 cm³/mol. The van der Waals surface area contributed by atoms with E-state index in [2.05, 4.69) is 17.4 Å². The average Bonchev–Trinajstić information content (AvgIpc) is 2.66. The predicted octanol–water partition coefficient (Wildman–Crippen LogP) is 3.07. The molecule has 1 unspecified atom stereocenters. The fraction of sp³-hybridized carbons (Fsp3) is 0.174. The largest absolute Gasteiger partial charge is 0.326 e. The average molecular weight is 363 g/mol. The van der Waals surface area contributed by atoms with Gasteiger partial charge in [-0.1, -0.05) is 66.7 Å². The highest BCUT2D eigenvalue weighted by Gasteiger charge is 2.14. The molecule has 3 aromatic carbocycles. The number of amides is 1. The molecule has 0 aliphatic rings. The van der Waals surface area contributed by atoms with Crippen LogP contribution in [0.2, 0.25) is 0 Å². The van der Waals surface area contributed by atoms with E-state index in [1.807, 2.05) is 55.6 Å². The van der Waals surface area contributed by atoms with Crippen molar-refractivity contribution in [3.05, 3.63) is 101 Å². The van der Waals surface area contributed by atoms with E-state index < -0.39 is 0 Å². The third kappa shape index (κ3) is 5.50. The van der Waals surface area contributed by atoms with Crippen LogP contribution >= 0.6 is 0 Å². The molecule has 0 aliphatic carbocycles. The van der Waals surface area contributed by atoms with E-state index in [0.29, 0.717) is 12.1 Å². The van der Waals surface area contributed by atoms with Crippen LogP contribution in [0.4, 0.5) is 10.1 Å². The normalized spacial score (nSPS) is 11.8. The third-order valence-electron chi connectivity index (χ3n) is 4.44. The van der Waals surface area contributed by atoms with Crippen molar-refractivity contribution in [3.8, 4) is 0 Å². The fourth-order valence-corrected chi connectivity index (χ4v) is 3.11. The number of anilines is 1. The van der Waals surface area contributed by atoms with Gasteiger partial charge in [0, 0.05) is 11.3 Å². The molecule has 3 aromatic rings. The Hall–Kier alpha value is -2.98. The number of nitrogens with one attached hydrogen (secondary N) is 2. The summed E-state index contributed by atoms with van der Waals surface area (Å²) in [7, 11) is 1.89. The Morgan fingerprint density at radius 1 is 0.889 bits per heavy atom. The van der Waals surface area contributed by atoms with Gasteiger partial charge < -0.3 is 10.2 Å². The number of benzene rings is 3. The van der Waals surface area contributed by atoms with Crippen molar-refractivity contribution in [2.75, 3.05) is 18.9 Å². The topological polar surface area (TPSA) is 33.5 Å². The molecule has 0 fully saturated rings. The molecule has 27 heavy (non-hydrogen) atoms. The Balaban J connectivity index is 1.61. The second-order valence-electron chi connectivity index (χ2n) is 6.77. The van der Waals surface area contributed by atoms with Crippen LogP contribution in [0.5, 0.6) is 0 Å². The Kier molecular flexibility index (Phi) is 6.34. The van der Waals surface area contributed by atoms with Gasteiger partial charge in [0.15, 0.2) is 6.54 Å². The summed E-state index contributed by atoms with van der Waals surface area (Å²) >= 11 is 0.